The van der Waals surface area contributed by atoms with Crippen molar-refractivity contribution in [1.29, 1.82) is 0 Å². The second-order valence-electron chi connectivity index (χ2n) is 6.48. The molecule has 1 aromatic carbocycles. The highest BCUT2D eigenvalue weighted by Gasteiger charge is 2.31. The van der Waals surface area contributed by atoms with Gasteiger partial charge in [0.15, 0.2) is 0 Å². The fourth-order valence-corrected chi connectivity index (χ4v) is 3.67. The van der Waals surface area contributed by atoms with E-state index in [9.17, 15) is 0 Å². The Morgan fingerprint density at radius 3 is 2.15 bits per heavy atom. The highest BCUT2D eigenvalue weighted by Crippen LogP contribution is 2.29. The molecule has 0 atom stereocenters. The molecular weight excluding hydrogens is 242 g/mol. The predicted octanol–water partition coefficient (Wildman–Crippen LogP) is 5.54. The van der Waals surface area contributed by atoms with Gasteiger partial charge in [0.25, 0.3) is 0 Å². The van der Waals surface area contributed by atoms with Gasteiger partial charge in [-0.2, -0.15) is 0 Å². The lowest BCUT2D eigenvalue weighted by Crippen LogP contribution is -2.53. The number of hydrogen-bond donors (Lipinski definition) is 0. The zero-order valence-corrected chi connectivity index (χ0v) is 13.3. The van der Waals surface area contributed by atoms with Gasteiger partial charge in [-0.3, -0.25) is 4.48 Å². The fraction of sp³-hybridized carbons (Fsp3) is 0.684. The molecule has 1 heteroatoms. The number of para-hydroxylation sites is 1. The van der Waals surface area contributed by atoms with E-state index in [4.69, 9.17) is 0 Å². The number of piperidine rings is 1. The number of quaternary nitrogens is 1. The number of hydrogen-bond acceptors (Lipinski definition) is 0. The molecule has 1 aromatic rings. The fourth-order valence-electron chi connectivity index (χ4n) is 3.67. The monoisotopic (exact) mass is 274 g/mol. The summed E-state index contributed by atoms with van der Waals surface area (Å²) in [5.41, 5.74) is 1.56. The van der Waals surface area contributed by atoms with E-state index in [0.717, 1.165) is 0 Å². The van der Waals surface area contributed by atoms with E-state index in [1.807, 2.05) is 0 Å². The van der Waals surface area contributed by atoms with Gasteiger partial charge in [0, 0.05) is 0 Å². The Morgan fingerprint density at radius 1 is 0.800 bits per heavy atom. The van der Waals surface area contributed by atoms with Gasteiger partial charge >= 0.3 is 0 Å². The van der Waals surface area contributed by atoms with Crippen molar-refractivity contribution in [2.45, 2.75) is 64.7 Å². The van der Waals surface area contributed by atoms with Gasteiger partial charge < -0.3 is 0 Å². The average Bonchev–Trinajstić information content (AvgIpc) is 2.52. The molecule has 1 nitrogen and oxygen atoms in total. The van der Waals surface area contributed by atoms with Crippen molar-refractivity contribution in [3.05, 3.63) is 30.3 Å². The molecule has 1 heterocycles. The van der Waals surface area contributed by atoms with Crippen LogP contribution in [0.15, 0.2) is 30.3 Å². The number of benzene rings is 1. The molecule has 0 radical (unpaired) electrons. The van der Waals surface area contributed by atoms with Crippen LogP contribution in [0.5, 0.6) is 0 Å². The first-order chi connectivity index (χ1) is 9.87. The van der Waals surface area contributed by atoms with Crippen LogP contribution >= 0.6 is 0 Å². The van der Waals surface area contributed by atoms with Crippen molar-refractivity contribution in [1.82, 2.24) is 4.48 Å². The molecule has 1 saturated heterocycles. The first-order valence-corrected chi connectivity index (χ1v) is 8.79. The molecule has 20 heavy (non-hydrogen) atoms. The molecule has 0 unspecified atom stereocenters. The lowest BCUT2D eigenvalue weighted by molar-refractivity contribution is 0.224. The van der Waals surface area contributed by atoms with E-state index in [-0.39, 0.29) is 0 Å². The molecule has 0 amide bonds. The quantitative estimate of drug-likeness (QED) is 0.431. The minimum Gasteiger partial charge on any atom is -0.291 e. The molecule has 0 saturated carbocycles. The van der Waals surface area contributed by atoms with Crippen LogP contribution in [0.2, 0.25) is 0 Å². The third-order valence-electron chi connectivity index (χ3n) is 4.92. The zero-order chi connectivity index (χ0) is 14.1. The van der Waals surface area contributed by atoms with E-state index in [1.165, 1.54) is 81.9 Å². The lowest BCUT2D eigenvalue weighted by atomic mass is 10.0. The summed E-state index contributed by atoms with van der Waals surface area (Å²) in [6.07, 6.45) is 12.7. The van der Waals surface area contributed by atoms with Gasteiger partial charge in [-0.1, -0.05) is 50.8 Å². The Morgan fingerprint density at radius 2 is 1.45 bits per heavy atom. The van der Waals surface area contributed by atoms with E-state index >= 15 is 0 Å². The molecule has 0 aromatic heterocycles. The number of unbranched alkanes of at least 4 members (excludes halogenated alkanes) is 5. The Kier molecular flexibility index (Phi) is 6.59. The first-order valence-electron chi connectivity index (χ1n) is 8.79. The molecule has 0 aliphatic carbocycles. The van der Waals surface area contributed by atoms with Gasteiger partial charge in [-0.05, 0) is 44.2 Å². The maximum Gasteiger partial charge on any atom is 0.132 e. The second-order valence-corrected chi connectivity index (χ2v) is 6.48. The van der Waals surface area contributed by atoms with E-state index in [1.54, 1.807) is 5.69 Å². The topological polar surface area (TPSA) is 0 Å². The minimum atomic E-state index is 1.26. The lowest BCUT2D eigenvalue weighted by Gasteiger charge is -2.41. The molecule has 0 N–H and O–H groups in total. The van der Waals surface area contributed by atoms with Crippen molar-refractivity contribution in [2.75, 3.05) is 19.6 Å². The maximum absolute atomic E-state index is 2.35. The Balaban J connectivity index is 1.88. The van der Waals surface area contributed by atoms with Crippen molar-refractivity contribution >= 4 is 5.69 Å². The van der Waals surface area contributed by atoms with Gasteiger partial charge in [0.1, 0.15) is 5.69 Å². The largest absolute Gasteiger partial charge is 0.291 e. The summed E-state index contributed by atoms with van der Waals surface area (Å²) in [4.78, 5) is 0. The molecule has 0 spiro atoms. The molecule has 1 aliphatic heterocycles. The Bertz CT molecular complexity index is 351. The van der Waals surface area contributed by atoms with E-state index in [0.29, 0.717) is 0 Å². The average molecular weight is 274 g/mol. The van der Waals surface area contributed by atoms with Gasteiger partial charge in [-0.25, -0.2) is 0 Å². The second kappa shape index (κ2) is 8.46. The standard InChI is InChI=1S/C19H32N/c1-2-3-4-5-6-11-16-20(17-12-8-13-18-20)19-14-9-7-10-15-19/h7,9-10,14-15H,2-6,8,11-13,16-18H2,1H3/q+1. The third-order valence-corrected chi connectivity index (χ3v) is 4.92. The highest BCUT2D eigenvalue weighted by atomic mass is 15.4. The van der Waals surface area contributed by atoms with Crippen LogP contribution in [-0.4, -0.2) is 19.6 Å². The first kappa shape index (κ1) is 15.6. The molecule has 1 aliphatic rings. The SMILES string of the molecule is CCCCCCCC[N+]1(c2ccccc2)CCCCC1. The number of rotatable bonds is 8. The van der Waals surface area contributed by atoms with Gasteiger partial charge in [-0.15, -0.1) is 0 Å². The summed E-state index contributed by atoms with van der Waals surface area (Å²) in [6, 6.07) is 11.3. The van der Waals surface area contributed by atoms with Gasteiger partial charge in [0.2, 0.25) is 0 Å². The van der Waals surface area contributed by atoms with Crippen molar-refractivity contribution in [3.8, 4) is 0 Å². The molecular formula is C19H32N+. The van der Waals surface area contributed by atoms with Crippen LogP contribution < -0.4 is 4.48 Å². The Labute approximate surface area is 125 Å². The summed E-state index contributed by atoms with van der Waals surface area (Å²) >= 11 is 0. The summed E-state index contributed by atoms with van der Waals surface area (Å²) in [5.74, 6) is 0. The molecule has 2 rings (SSSR count). The highest BCUT2D eigenvalue weighted by molar-refractivity contribution is 5.42. The summed E-state index contributed by atoms with van der Waals surface area (Å²) in [5, 5.41) is 0. The smallest absolute Gasteiger partial charge is 0.132 e. The zero-order valence-electron chi connectivity index (χ0n) is 13.3. The van der Waals surface area contributed by atoms with Crippen molar-refractivity contribution in [2.24, 2.45) is 0 Å². The van der Waals surface area contributed by atoms with Crippen LogP contribution in [0, 0.1) is 0 Å². The van der Waals surface area contributed by atoms with Crippen LogP contribution in [-0.2, 0) is 0 Å². The minimum absolute atomic E-state index is 1.26. The summed E-state index contributed by atoms with van der Waals surface area (Å²) in [7, 11) is 0. The number of nitrogens with zero attached hydrogens (tertiary/aromatic N) is 1. The summed E-state index contributed by atoms with van der Waals surface area (Å²) < 4.78 is 1.26. The van der Waals surface area contributed by atoms with E-state index < -0.39 is 0 Å². The van der Waals surface area contributed by atoms with Crippen LogP contribution in [0.4, 0.5) is 5.69 Å². The maximum atomic E-state index is 2.35. The van der Waals surface area contributed by atoms with Crippen molar-refractivity contribution < 1.29 is 0 Å². The summed E-state index contributed by atoms with van der Waals surface area (Å²) in [6.45, 7) is 6.37. The molecule has 0 bridgehead atoms. The van der Waals surface area contributed by atoms with Gasteiger partial charge in [0.05, 0.1) is 19.6 Å². The van der Waals surface area contributed by atoms with Crippen LogP contribution in [0.25, 0.3) is 0 Å². The van der Waals surface area contributed by atoms with E-state index in [2.05, 4.69) is 37.3 Å². The normalized spacial score (nSPS) is 18.1. The van der Waals surface area contributed by atoms with Crippen LogP contribution in [0.1, 0.15) is 64.7 Å². The Hall–Kier alpha value is -0.820. The predicted molar refractivity (Wildman–Crippen MR) is 90.1 cm³/mol. The molecule has 1 fully saturated rings. The third kappa shape index (κ3) is 4.34. The number of likely N-dealkylation sites (tertiary alicyclic amines) is 1. The molecule has 112 valence electrons. The van der Waals surface area contributed by atoms with Crippen LogP contribution in [0.3, 0.4) is 0 Å². The van der Waals surface area contributed by atoms with Crippen molar-refractivity contribution in [3.63, 3.8) is 0 Å².